The molecule has 6 nitrogen and oxygen atoms in total. The van der Waals surface area contributed by atoms with Crippen LogP contribution in [-0.4, -0.2) is 16.5 Å². The number of nitro groups is 1. The Bertz CT molecular complexity index is 632. The summed E-state index contributed by atoms with van der Waals surface area (Å²) in [5.74, 6) is 0.252. The van der Waals surface area contributed by atoms with E-state index in [0.29, 0.717) is 6.54 Å². The summed E-state index contributed by atoms with van der Waals surface area (Å²) in [4.78, 5) is 14.6. The van der Waals surface area contributed by atoms with E-state index in [4.69, 9.17) is 16.3 Å². The third kappa shape index (κ3) is 3.90. The zero-order valence-electron chi connectivity index (χ0n) is 11.4. The van der Waals surface area contributed by atoms with Crippen molar-refractivity contribution in [3.63, 3.8) is 0 Å². The maximum Gasteiger partial charge on any atom is 0.313 e. The highest BCUT2D eigenvalue weighted by molar-refractivity contribution is 6.32. The molecule has 7 heteroatoms. The maximum atomic E-state index is 11.0. The average Bonchev–Trinajstić information content (AvgIpc) is 2.48. The van der Waals surface area contributed by atoms with E-state index in [1.54, 1.807) is 12.3 Å². The van der Waals surface area contributed by atoms with Crippen LogP contribution >= 0.6 is 11.6 Å². The Morgan fingerprint density at radius 1 is 1.38 bits per heavy atom. The van der Waals surface area contributed by atoms with Crippen molar-refractivity contribution in [2.24, 2.45) is 0 Å². The Balaban J connectivity index is 2.20. The van der Waals surface area contributed by atoms with Crippen LogP contribution in [-0.2, 0) is 6.54 Å². The normalized spacial score (nSPS) is 10.4. The van der Waals surface area contributed by atoms with Crippen molar-refractivity contribution in [3.8, 4) is 11.6 Å². The van der Waals surface area contributed by atoms with Crippen LogP contribution in [0.1, 0.15) is 12.5 Å². The van der Waals surface area contributed by atoms with Gasteiger partial charge < -0.3 is 10.1 Å². The largest absolute Gasteiger partial charge is 0.430 e. The summed E-state index contributed by atoms with van der Waals surface area (Å²) in [6.45, 7) is 3.58. The fourth-order valence-electron chi connectivity index (χ4n) is 1.69. The SMILES string of the molecule is CCNCc1ccc(Oc2c(Cl)cccc2[N+](=O)[O-])nc1. The second-order valence-corrected chi connectivity index (χ2v) is 4.64. The average molecular weight is 308 g/mol. The molecular weight excluding hydrogens is 294 g/mol. The van der Waals surface area contributed by atoms with Gasteiger partial charge in [-0.15, -0.1) is 0 Å². The van der Waals surface area contributed by atoms with Crippen LogP contribution in [0.25, 0.3) is 0 Å². The molecule has 2 aromatic rings. The van der Waals surface area contributed by atoms with Gasteiger partial charge in [-0.2, -0.15) is 0 Å². The zero-order valence-corrected chi connectivity index (χ0v) is 12.1. The smallest absolute Gasteiger partial charge is 0.313 e. The van der Waals surface area contributed by atoms with Crippen LogP contribution in [0.5, 0.6) is 11.6 Å². The minimum atomic E-state index is -0.541. The van der Waals surface area contributed by atoms with Gasteiger partial charge in [-0.3, -0.25) is 10.1 Å². The molecule has 1 aromatic heterocycles. The van der Waals surface area contributed by atoms with Crippen molar-refractivity contribution in [1.82, 2.24) is 10.3 Å². The summed E-state index contributed by atoms with van der Waals surface area (Å²) in [5, 5.41) is 14.3. The third-order valence-electron chi connectivity index (χ3n) is 2.73. The number of ether oxygens (including phenoxy) is 1. The van der Waals surface area contributed by atoms with Gasteiger partial charge in [0.2, 0.25) is 11.6 Å². The first-order valence-electron chi connectivity index (χ1n) is 6.38. The molecule has 0 aliphatic heterocycles. The number of aromatic nitrogens is 1. The molecule has 2 rings (SSSR count). The summed E-state index contributed by atoms with van der Waals surface area (Å²) in [7, 11) is 0. The quantitative estimate of drug-likeness (QED) is 0.652. The van der Waals surface area contributed by atoms with Crippen LogP contribution < -0.4 is 10.1 Å². The van der Waals surface area contributed by atoms with E-state index < -0.39 is 4.92 Å². The number of benzene rings is 1. The second-order valence-electron chi connectivity index (χ2n) is 4.23. The number of rotatable bonds is 6. The van der Waals surface area contributed by atoms with Gasteiger partial charge in [-0.25, -0.2) is 4.98 Å². The fourth-order valence-corrected chi connectivity index (χ4v) is 1.90. The second kappa shape index (κ2) is 7.01. The zero-order chi connectivity index (χ0) is 15.2. The molecule has 0 radical (unpaired) electrons. The first-order chi connectivity index (χ1) is 10.1. The summed E-state index contributed by atoms with van der Waals surface area (Å²) in [6.07, 6.45) is 1.65. The van der Waals surface area contributed by atoms with Crippen molar-refractivity contribution in [2.45, 2.75) is 13.5 Å². The Kier molecular flexibility index (Phi) is 5.08. The Hall–Kier alpha value is -2.18. The van der Waals surface area contributed by atoms with E-state index in [1.807, 2.05) is 13.0 Å². The molecule has 0 amide bonds. The van der Waals surface area contributed by atoms with E-state index in [-0.39, 0.29) is 22.3 Å². The van der Waals surface area contributed by atoms with E-state index in [1.165, 1.54) is 18.2 Å². The molecule has 0 aliphatic carbocycles. The number of pyridine rings is 1. The number of nitrogens with zero attached hydrogens (tertiary/aromatic N) is 2. The first-order valence-corrected chi connectivity index (χ1v) is 6.76. The van der Waals surface area contributed by atoms with Crippen LogP contribution in [0.15, 0.2) is 36.5 Å². The molecule has 0 bridgehead atoms. The first kappa shape index (κ1) is 15.2. The van der Waals surface area contributed by atoms with Gasteiger partial charge in [-0.1, -0.05) is 30.7 Å². The number of hydrogen-bond acceptors (Lipinski definition) is 5. The molecule has 110 valence electrons. The van der Waals surface area contributed by atoms with Gasteiger partial charge in [0, 0.05) is 24.9 Å². The predicted molar refractivity (Wildman–Crippen MR) is 79.8 cm³/mol. The number of para-hydroxylation sites is 1. The molecule has 1 heterocycles. The molecule has 0 aliphatic rings. The van der Waals surface area contributed by atoms with Gasteiger partial charge in [0.25, 0.3) is 0 Å². The number of hydrogen-bond donors (Lipinski definition) is 1. The summed E-state index contributed by atoms with van der Waals surface area (Å²) >= 11 is 5.96. The Morgan fingerprint density at radius 2 is 2.19 bits per heavy atom. The minimum absolute atomic E-state index is 0.00361. The molecule has 21 heavy (non-hydrogen) atoms. The number of nitro benzene ring substituents is 1. The van der Waals surface area contributed by atoms with Gasteiger partial charge in [0.15, 0.2) is 0 Å². The van der Waals surface area contributed by atoms with Gasteiger partial charge in [0.1, 0.15) is 0 Å². The van der Waals surface area contributed by atoms with Crippen molar-refractivity contribution >= 4 is 17.3 Å². The molecule has 0 atom stereocenters. The molecule has 1 N–H and O–H groups in total. The topological polar surface area (TPSA) is 77.3 Å². The van der Waals surface area contributed by atoms with Crippen molar-refractivity contribution in [1.29, 1.82) is 0 Å². The monoisotopic (exact) mass is 307 g/mol. The molecule has 0 fully saturated rings. The van der Waals surface area contributed by atoms with Crippen molar-refractivity contribution < 1.29 is 9.66 Å². The van der Waals surface area contributed by atoms with Crippen LogP contribution in [0.4, 0.5) is 5.69 Å². The van der Waals surface area contributed by atoms with E-state index in [2.05, 4.69) is 10.3 Å². The van der Waals surface area contributed by atoms with E-state index in [0.717, 1.165) is 12.1 Å². The fraction of sp³-hybridized carbons (Fsp3) is 0.214. The van der Waals surface area contributed by atoms with Crippen LogP contribution in [0.2, 0.25) is 5.02 Å². The predicted octanol–water partition coefficient (Wildman–Crippen LogP) is 3.55. The van der Waals surface area contributed by atoms with E-state index >= 15 is 0 Å². The molecule has 0 saturated carbocycles. The highest BCUT2D eigenvalue weighted by Gasteiger charge is 2.19. The van der Waals surface area contributed by atoms with Crippen molar-refractivity contribution in [3.05, 3.63) is 57.2 Å². The van der Waals surface area contributed by atoms with Crippen LogP contribution in [0, 0.1) is 10.1 Å². The van der Waals surface area contributed by atoms with Gasteiger partial charge >= 0.3 is 5.69 Å². The Morgan fingerprint density at radius 3 is 2.81 bits per heavy atom. The summed E-state index contributed by atoms with van der Waals surface area (Å²) in [6, 6.07) is 7.86. The van der Waals surface area contributed by atoms with E-state index in [9.17, 15) is 10.1 Å². The molecule has 0 unspecified atom stereocenters. The standard InChI is InChI=1S/C14H14ClN3O3/c1-2-16-8-10-6-7-13(17-9-10)21-14-11(15)4-3-5-12(14)18(19)20/h3-7,9,16H,2,8H2,1H3. The summed E-state index contributed by atoms with van der Waals surface area (Å²) < 4.78 is 5.46. The maximum absolute atomic E-state index is 11.0. The minimum Gasteiger partial charge on any atom is -0.430 e. The molecule has 0 spiro atoms. The lowest BCUT2D eigenvalue weighted by molar-refractivity contribution is -0.385. The highest BCUT2D eigenvalue weighted by Crippen LogP contribution is 2.37. The molecular formula is C14H14ClN3O3. The summed E-state index contributed by atoms with van der Waals surface area (Å²) in [5.41, 5.74) is 0.805. The Labute approximate surface area is 126 Å². The molecule has 1 aromatic carbocycles. The lowest BCUT2D eigenvalue weighted by Crippen LogP contribution is -2.11. The third-order valence-corrected chi connectivity index (χ3v) is 3.02. The number of halogens is 1. The van der Waals surface area contributed by atoms with Gasteiger partial charge in [-0.05, 0) is 18.2 Å². The van der Waals surface area contributed by atoms with Crippen molar-refractivity contribution in [2.75, 3.05) is 6.54 Å². The molecule has 0 saturated heterocycles. The lowest BCUT2D eigenvalue weighted by atomic mass is 10.3. The van der Waals surface area contributed by atoms with Crippen LogP contribution in [0.3, 0.4) is 0 Å². The lowest BCUT2D eigenvalue weighted by Gasteiger charge is -2.08. The highest BCUT2D eigenvalue weighted by atomic mass is 35.5. The van der Waals surface area contributed by atoms with Gasteiger partial charge in [0.05, 0.1) is 9.95 Å². The number of nitrogens with one attached hydrogen (secondary N) is 1.